The number of hydrogen-bond donors (Lipinski definition) is 0. The fourth-order valence-corrected chi connectivity index (χ4v) is 7.03. The summed E-state index contributed by atoms with van der Waals surface area (Å²) < 4.78 is 6.00. The van der Waals surface area contributed by atoms with Crippen molar-refractivity contribution in [2.24, 2.45) is 0 Å². The molecule has 1 aromatic carbocycles. The van der Waals surface area contributed by atoms with Crippen molar-refractivity contribution in [1.82, 2.24) is 0 Å². The number of carbonyl (C=O) groups excluding carboxylic acids is 1. The Morgan fingerprint density at radius 3 is 2.05 bits per heavy atom. The number of allylic oxidation sites excluding steroid dienone is 1. The molecule has 1 rings (SSSR count). The third kappa shape index (κ3) is 3.35. The van der Waals surface area contributed by atoms with Gasteiger partial charge in [0.2, 0.25) is 0 Å². The van der Waals surface area contributed by atoms with Gasteiger partial charge in [-0.25, -0.2) is 4.79 Å². The quantitative estimate of drug-likeness (QED) is 0.604. The van der Waals surface area contributed by atoms with E-state index in [0.717, 1.165) is 0 Å². The molecule has 0 saturated carbocycles. The molecule has 0 spiro atoms. The van der Waals surface area contributed by atoms with E-state index in [2.05, 4.69) is 39.8 Å². The van der Waals surface area contributed by atoms with Crippen LogP contribution in [0.2, 0.25) is 11.1 Å². The van der Waals surface area contributed by atoms with Gasteiger partial charge in [0, 0.05) is 6.08 Å². The highest BCUT2D eigenvalue weighted by Gasteiger charge is 2.46. The van der Waals surface area contributed by atoms with Gasteiger partial charge >= 0.3 is 5.97 Å². The molecule has 19 heavy (non-hydrogen) atoms. The highest BCUT2D eigenvalue weighted by molar-refractivity contribution is 6.89. The second kappa shape index (κ2) is 6.71. The Kier molecular flexibility index (Phi) is 5.55. The number of rotatable bonds is 5. The minimum absolute atomic E-state index is 0.222. The molecule has 0 aromatic heterocycles. The summed E-state index contributed by atoms with van der Waals surface area (Å²) in [5, 5.41) is 1.19. The number of carbonyl (C=O) groups is 1. The minimum Gasteiger partial charge on any atom is -0.511 e. The summed E-state index contributed by atoms with van der Waals surface area (Å²) in [7, 11) is -2.33. The number of hydrogen-bond acceptors (Lipinski definition) is 2. The van der Waals surface area contributed by atoms with Gasteiger partial charge in [-0.05, 0) is 23.2 Å². The van der Waals surface area contributed by atoms with Gasteiger partial charge in [-0.15, -0.1) is 0 Å². The summed E-state index contributed by atoms with van der Waals surface area (Å²) in [6, 6.07) is 10.2. The van der Waals surface area contributed by atoms with E-state index in [1.807, 2.05) is 25.1 Å². The van der Waals surface area contributed by atoms with Crippen LogP contribution in [0.4, 0.5) is 0 Å². The first-order chi connectivity index (χ1) is 8.95. The maximum Gasteiger partial charge on any atom is 0.317 e. The Morgan fingerprint density at radius 2 is 1.63 bits per heavy atom. The zero-order chi connectivity index (χ0) is 14.5. The zero-order valence-electron chi connectivity index (χ0n) is 12.5. The highest BCUT2D eigenvalue weighted by atomic mass is 28.4. The van der Waals surface area contributed by atoms with Gasteiger partial charge in [0.1, 0.15) is 0 Å². The fourth-order valence-electron chi connectivity index (χ4n) is 2.66. The van der Waals surface area contributed by atoms with E-state index >= 15 is 0 Å². The van der Waals surface area contributed by atoms with Gasteiger partial charge in [0.05, 0.1) is 0 Å². The Bertz CT molecular complexity index is 427. The first kappa shape index (κ1) is 15.7. The third-order valence-corrected chi connectivity index (χ3v) is 8.72. The van der Waals surface area contributed by atoms with Crippen LogP contribution in [-0.4, -0.2) is 14.3 Å². The van der Waals surface area contributed by atoms with Gasteiger partial charge in [0.25, 0.3) is 8.32 Å². The molecule has 104 valence electrons. The Morgan fingerprint density at radius 1 is 1.11 bits per heavy atom. The Balaban J connectivity index is 3.27. The first-order valence-corrected chi connectivity index (χ1v) is 8.92. The fraction of sp³-hybridized carbons (Fsp3) is 0.438. The topological polar surface area (TPSA) is 26.3 Å². The van der Waals surface area contributed by atoms with E-state index in [9.17, 15) is 4.79 Å². The van der Waals surface area contributed by atoms with Crippen LogP contribution >= 0.6 is 0 Å². The van der Waals surface area contributed by atoms with E-state index in [-0.39, 0.29) is 5.97 Å². The SMILES string of the molecule is CC=CC(=O)O[Si](c1ccccc1)(C(C)C)C(C)C. The largest absolute Gasteiger partial charge is 0.511 e. The summed E-state index contributed by atoms with van der Waals surface area (Å²) in [6.45, 7) is 10.5. The average Bonchev–Trinajstić information content (AvgIpc) is 2.36. The van der Waals surface area contributed by atoms with Crippen molar-refractivity contribution in [3.8, 4) is 0 Å². The molecule has 0 radical (unpaired) electrons. The van der Waals surface area contributed by atoms with E-state index in [1.165, 1.54) is 11.3 Å². The van der Waals surface area contributed by atoms with Crippen LogP contribution in [0.5, 0.6) is 0 Å². The van der Waals surface area contributed by atoms with Gasteiger partial charge in [-0.3, -0.25) is 0 Å². The normalized spacial score (nSPS) is 12.4. The molecule has 2 nitrogen and oxygen atoms in total. The predicted octanol–water partition coefficient (Wildman–Crippen LogP) is 3.78. The molecule has 0 amide bonds. The van der Waals surface area contributed by atoms with Crippen molar-refractivity contribution in [3.05, 3.63) is 42.5 Å². The molecule has 0 bridgehead atoms. The lowest BCUT2D eigenvalue weighted by Gasteiger charge is -2.37. The van der Waals surface area contributed by atoms with Gasteiger partial charge in [-0.1, -0.05) is 64.1 Å². The predicted molar refractivity (Wildman–Crippen MR) is 82.9 cm³/mol. The second-order valence-corrected chi connectivity index (χ2v) is 10.1. The van der Waals surface area contributed by atoms with Crippen molar-refractivity contribution >= 4 is 19.5 Å². The standard InChI is InChI=1S/C16H24O2Si/c1-6-10-16(17)18-19(13(2)3,14(4)5)15-11-8-7-9-12-15/h6-14H,1-5H3. The van der Waals surface area contributed by atoms with Gasteiger partial charge < -0.3 is 4.43 Å². The maximum absolute atomic E-state index is 12.0. The molecule has 0 fully saturated rings. The van der Waals surface area contributed by atoms with Crippen molar-refractivity contribution in [2.75, 3.05) is 0 Å². The summed E-state index contributed by atoms with van der Waals surface area (Å²) in [6.07, 6.45) is 3.24. The van der Waals surface area contributed by atoms with Gasteiger partial charge in [-0.2, -0.15) is 0 Å². The lowest BCUT2D eigenvalue weighted by atomic mass is 10.4. The smallest absolute Gasteiger partial charge is 0.317 e. The molecular weight excluding hydrogens is 252 g/mol. The van der Waals surface area contributed by atoms with Crippen molar-refractivity contribution in [3.63, 3.8) is 0 Å². The monoisotopic (exact) mass is 276 g/mol. The summed E-state index contributed by atoms with van der Waals surface area (Å²) >= 11 is 0. The molecule has 1 aromatic rings. The molecule has 0 heterocycles. The molecular formula is C16H24O2Si. The minimum atomic E-state index is -2.33. The molecule has 0 atom stereocenters. The van der Waals surface area contributed by atoms with Crippen molar-refractivity contribution < 1.29 is 9.22 Å². The van der Waals surface area contributed by atoms with Crippen molar-refractivity contribution in [2.45, 2.75) is 45.7 Å². The maximum atomic E-state index is 12.0. The molecule has 0 unspecified atom stereocenters. The van der Waals surface area contributed by atoms with Crippen LogP contribution in [-0.2, 0) is 9.22 Å². The van der Waals surface area contributed by atoms with Gasteiger partial charge in [0.15, 0.2) is 0 Å². The lowest BCUT2D eigenvalue weighted by molar-refractivity contribution is -0.129. The van der Waals surface area contributed by atoms with E-state index < -0.39 is 8.32 Å². The van der Waals surface area contributed by atoms with E-state index in [1.54, 1.807) is 6.08 Å². The zero-order valence-corrected chi connectivity index (χ0v) is 13.5. The second-order valence-electron chi connectivity index (χ2n) is 5.39. The van der Waals surface area contributed by atoms with E-state index in [0.29, 0.717) is 11.1 Å². The van der Waals surface area contributed by atoms with Crippen LogP contribution < -0.4 is 5.19 Å². The average molecular weight is 276 g/mol. The number of benzene rings is 1. The molecule has 0 N–H and O–H groups in total. The third-order valence-electron chi connectivity index (χ3n) is 3.51. The Labute approximate surface area is 117 Å². The van der Waals surface area contributed by atoms with Crippen LogP contribution in [0.25, 0.3) is 0 Å². The van der Waals surface area contributed by atoms with Crippen LogP contribution in [0.1, 0.15) is 34.6 Å². The Hall–Kier alpha value is -1.35. The molecule has 0 aliphatic carbocycles. The molecule has 3 heteroatoms. The summed E-state index contributed by atoms with van der Waals surface area (Å²) in [5.41, 5.74) is 0.674. The van der Waals surface area contributed by atoms with Crippen LogP contribution in [0.15, 0.2) is 42.5 Å². The highest BCUT2D eigenvalue weighted by Crippen LogP contribution is 2.33. The van der Waals surface area contributed by atoms with Crippen molar-refractivity contribution in [1.29, 1.82) is 0 Å². The van der Waals surface area contributed by atoms with Crippen LogP contribution in [0.3, 0.4) is 0 Å². The summed E-state index contributed by atoms with van der Waals surface area (Å²) in [5.74, 6) is -0.222. The first-order valence-electron chi connectivity index (χ1n) is 6.86. The molecule has 0 aliphatic heterocycles. The van der Waals surface area contributed by atoms with E-state index in [4.69, 9.17) is 4.43 Å². The molecule has 0 aliphatic rings. The summed E-state index contributed by atoms with van der Waals surface area (Å²) in [4.78, 5) is 12.0. The van der Waals surface area contributed by atoms with Crippen LogP contribution in [0, 0.1) is 0 Å². The molecule has 0 saturated heterocycles. The lowest BCUT2D eigenvalue weighted by Crippen LogP contribution is -2.56.